The van der Waals surface area contributed by atoms with Gasteiger partial charge < -0.3 is 10.6 Å². The van der Waals surface area contributed by atoms with Crippen LogP contribution in [-0.2, 0) is 17.9 Å². The molecule has 5 nitrogen and oxygen atoms in total. The molecule has 28 heavy (non-hydrogen) atoms. The van der Waals surface area contributed by atoms with Crippen molar-refractivity contribution >= 4 is 5.91 Å². The zero-order valence-electron chi connectivity index (χ0n) is 16.0. The van der Waals surface area contributed by atoms with Crippen molar-refractivity contribution < 1.29 is 4.79 Å². The zero-order chi connectivity index (χ0) is 19.2. The van der Waals surface area contributed by atoms with Crippen molar-refractivity contribution in [1.29, 1.82) is 0 Å². The number of aromatic nitrogens is 2. The molecule has 0 spiro atoms. The van der Waals surface area contributed by atoms with Crippen LogP contribution >= 0.6 is 0 Å². The Bertz CT molecular complexity index is 899. The molecule has 1 aromatic heterocycles. The molecule has 1 atom stereocenters. The summed E-state index contributed by atoms with van der Waals surface area (Å²) in [7, 11) is 0. The number of carbonyl (C=O) groups excluding carboxylic acids is 1. The van der Waals surface area contributed by atoms with Gasteiger partial charge in [0.2, 0.25) is 5.91 Å². The maximum Gasteiger partial charge on any atom is 0.221 e. The van der Waals surface area contributed by atoms with Gasteiger partial charge in [-0.2, -0.15) is 5.10 Å². The molecule has 0 radical (unpaired) electrons. The standard InChI is InChI=1S/C23H26N4O/c28-22(14-21-12-7-13-24-21)25-15-20-17-27(16-18-8-3-1-4-9-18)26-23(20)19-10-5-2-6-11-19/h1-6,8-11,17,21,24H,7,12-16H2,(H,25,28). The largest absolute Gasteiger partial charge is 0.352 e. The Hall–Kier alpha value is -2.92. The molecule has 5 heteroatoms. The average Bonchev–Trinajstić information content (AvgIpc) is 3.38. The van der Waals surface area contributed by atoms with Crippen LogP contribution in [0.3, 0.4) is 0 Å². The lowest BCUT2D eigenvalue weighted by molar-refractivity contribution is -0.121. The van der Waals surface area contributed by atoms with Gasteiger partial charge in [-0.3, -0.25) is 9.48 Å². The number of benzene rings is 2. The number of carbonyl (C=O) groups is 1. The van der Waals surface area contributed by atoms with Crippen molar-refractivity contribution in [3.05, 3.63) is 78.0 Å². The van der Waals surface area contributed by atoms with Gasteiger partial charge in [-0.25, -0.2) is 0 Å². The van der Waals surface area contributed by atoms with E-state index in [2.05, 4.69) is 34.9 Å². The lowest BCUT2D eigenvalue weighted by Gasteiger charge is -2.10. The van der Waals surface area contributed by atoms with Gasteiger partial charge in [0.05, 0.1) is 12.2 Å². The highest BCUT2D eigenvalue weighted by molar-refractivity contribution is 5.77. The molecular formula is C23H26N4O. The Labute approximate surface area is 165 Å². The molecule has 0 aliphatic carbocycles. The average molecular weight is 374 g/mol. The second-order valence-corrected chi connectivity index (χ2v) is 7.33. The molecule has 1 amide bonds. The monoisotopic (exact) mass is 374 g/mol. The maximum atomic E-state index is 12.3. The van der Waals surface area contributed by atoms with Gasteiger partial charge in [0.1, 0.15) is 0 Å². The number of amides is 1. The summed E-state index contributed by atoms with van der Waals surface area (Å²) in [5, 5.41) is 11.3. The van der Waals surface area contributed by atoms with E-state index in [1.807, 2.05) is 47.3 Å². The molecule has 0 saturated carbocycles. The third-order valence-electron chi connectivity index (χ3n) is 5.14. The number of hydrogen-bond acceptors (Lipinski definition) is 3. The molecule has 144 valence electrons. The molecule has 2 aromatic carbocycles. The van der Waals surface area contributed by atoms with E-state index in [9.17, 15) is 4.79 Å². The summed E-state index contributed by atoms with van der Waals surface area (Å²) in [5.74, 6) is 0.0919. The van der Waals surface area contributed by atoms with Crippen molar-refractivity contribution in [2.45, 2.75) is 38.4 Å². The van der Waals surface area contributed by atoms with Crippen LogP contribution in [0, 0.1) is 0 Å². The van der Waals surface area contributed by atoms with E-state index in [1.54, 1.807) is 0 Å². The molecule has 1 fully saturated rings. The van der Waals surface area contributed by atoms with E-state index in [0.29, 0.717) is 25.6 Å². The van der Waals surface area contributed by atoms with Crippen LogP contribution in [0.15, 0.2) is 66.9 Å². The number of hydrogen-bond donors (Lipinski definition) is 2. The van der Waals surface area contributed by atoms with Crippen LogP contribution in [0.2, 0.25) is 0 Å². The minimum atomic E-state index is 0.0919. The molecular weight excluding hydrogens is 348 g/mol. The van der Waals surface area contributed by atoms with Gasteiger partial charge in [-0.1, -0.05) is 60.7 Å². The molecule has 2 N–H and O–H groups in total. The van der Waals surface area contributed by atoms with E-state index in [-0.39, 0.29) is 5.91 Å². The van der Waals surface area contributed by atoms with Crippen LogP contribution in [0.25, 0.3) is 11.3 Å². The Morgan fingerprint density at radius 3 is 2.57 bits per heavy atom. The topological polar surface area (TPSA) is 59.0 Å². The summed E-state index contributed by atoms with van der Waals surface area (Å²) in [6.07, 6.45) is 4.82. The summed E-state index contributed by atoms with van der Waals surface area (Å²) in [6, 6.07) is 20.7. The van der Waals surface area contributed by atoms with Gasteiger partial charge in [-0.15, -0.1) is 0 Å². The minimum Gasteiger partial charge on any atom is -0.352 e. The third-order valence-corrected chi connectivity index (χ3v) is 5.14. The van der Waals surface area contributed by atoms with Crippen molar-refractivity contribution in [1.82, 2.24) is 20.4 Å². The number of nitrogens with one attached hydrogen (secondary N) is 2. The summed E-state index contributed by atoms with van der Waals surface area (Å²) >= 11 is 0. The highest BCUT2D eigenvalue weighted by Crippen LogP contribution is 2.22. The minimum absolute atomic E-state index is 0.0919. The molecule has 2 heterocycles. The Kier molecular flexibility index (Phi) is 5.83. The molecule has 3 aromatic rings. The smallest absolute Gasteiger partial charge is 0.221 e. The Morgan fingerprint density at radius 2 is 1.86 bits per heavy atom. The first-order valence-corrected chi connectivity index (χ1v) is 9.94. The van der Waals surface area contributed by atoms with Crippen molar-refractivity contribution in [2.75, 3.05) is 6.54 Å². The van der Waals surface area contributed by atoms with Gasteiger partial charge in [0.25, 0.3) is 0 Å². The van der Waals surface area contributed by atoms with Gasteiger partial charge in [-0.05, 0) is 24.9 Å². The number of nitrogens with zero attached hydrogens (tertiary/aromatic N) is 2. The van der Waals surface area contributed by atoms with Gasteiger partial charge >= 0.3 is 0 Å². The molecule has 1 aliphatic rings. The summed E-state index contributed by atoms with van der Waals surface area (Å²) in [6.45, 7) is 2.22. The van der Waals surface area contributed by atoms with Crippen LogP contribution in [0.5, 0.6) is 0 Å². The van der Waals surface area contributed by atoms with E-state index < -0.39 is 0 Å². The molecule has 1 aliphatic heterocycles. The van der Waals surface area contributed by atoms with E-state index in [0.717, 1.165) is 36.2 Å². The zero-order valence-corrected chi connectivity index (χ0v) is 16.0. The maximum absolute atomic E-state index is 12.3. The first-order valence-electron chi connectivity index (χ1n) is 9.94. The van der Waals surface area contributed by atoms with Crippen molar-refractivity contribution in [2.24, 2.45) is 0 Å². The van der Waals surface area contributed by atoms with E-state index in [4.69, 9.17) is 5.10 Å². The highest BCUT2D eigenvalue weighted by Gasteiger charge is 2.18. The molecule has 4 rings (SSSR count). The predicted molar refractivity (Wildman–Crippen MR) is 111 cm³/mol. The first kappa shape index (κ1) is 18.4. The third kappa shape index (κ3) is 4.67. The van der Waals surface area contributed by atoms with Gasteiger partial charge in [0, 0.05) is 36.3 Å². The SMILES string of the molecule is O=C(CC1CCCN1)NCc1cn(Cc2ccccc2)nc1-c1ccccc1. The fourth-order valence-electron chi connectivity index (χ4n) is 3.70. The summed E-state index contributed by atoms with van der Waals surface area (Å²) in [4.78, 5) is 12.3. The van der Waals surface area contributed by atoms with Crippen LogP contribution < -0.4 is 10.6 Å². The Morgan fingerprint density at radius 1 is 1.11 bits per heavy atom. The fraction of sp³-hybridized carbons (Fsp3) is 0.304. The van der Waals surface area contributed by atoms with Crippen LogP contribution in [0.1, 0.15) is 30.4 Å². The van der Waals surface area contributed by atoms with Gasteiger partial charge in [0.15, 0.2) is 0 Å². The number of rotatable bonds is 7. The second-order valence-electron chi connectivity index (χ2n) is 7.33. The Balaban J connectivity index is 1.49. The van der Waals surface area contributed by atoms with Crippen LogP contribution in [0.4, 0.5) is 0 Å². The molecule has 1 saturated heterocycles. The lowest BCUT2D eigenvalue weighted by atomic mass is 10.1. The van der Waals surface area contributed by atoms with Crippen molar-refractivity contribution in [3.63, 3.8) is 0 Å². The van der Waals surface area contributed by atoms with Crippen molar-refractivity contribution in [3.8, 4) is 11.3 Å². The van der Waals surface area contributed by atoms with Crippen LogP contribution in [-0.4, -0.2) is 28.3 Å². The quantitative estimate of drug-likeness (QED) is 0.667. The summed E-state index contributed by atoms with van der Waals surface area (Å²) in [5.41, 5.74) is 4.23. The highest BCUT2D eigenvalue weighted by atomic mass is 16.1. The van der Waals surface area contributed by atoms with E-state index in [1.165, 1.54) is 5.56 Å². The predicted octanol–water partition coefficient (Wildman–Crippen LogP) is 3.36. The summed E-state index contributed by atoms with van der Waals surface area (Å²) < 4.78 is 1.96. The normalized spacial score (nSPS) is 16.2. The fourth-order valence-corrected chi connectivity index (χ4v) is 3.70. The molecule has 0 bridgehead atoms. The second kappa shape index (κ2) is 8.85. The lowest BCUT2D eigenvalue weighted by Crippen LogP contribution is -2.31. The molecule has 1 unspecified atom stereocenters. The first-order chi connectivity index (χ1) is 13.8. The van der Waals surface area contributed by atoms with E-state index >= 15 is 0 Å².